The Kier molecular flexibility index (Phi) is 72.4. The number of rotatable bonds is 73. The van der Waals surface area contributed by atoms with E-state index in [1.165, 1.54) is 295 Å². The van der Waals surface area contributed by atoms with Gasteiger partial charge in [0, 0.05) is 19.4 Å². The molecule has 0 aromatic carbocycles. The van der Waals surface area contributed by atoms with Crippen LogP contribution in [0.5, 0.6) is 0 Å². The minimum absolute atomic E-state index is 0.0539. The number of nitrogens with two attached hydrogens (primary N) is 1. The first-order chi connectivity index (χ1) is 43.8. The summed E-state index contributed by atoms with van der Waals surface area (Å²) in [5, 5.41) is 0. The Morgan fingerprint density at radius 1 is 0.337 bits per heavy atom. The van der Waals surface area contributed by atoms with Gasteiger partial charge in [-0.2, -0.15) is 0 Å². The molecular weight excluding hydrogens is 1120 g/mol. The molecule has 0 rings (SSSR count). The molecule has 0 saturated heterocycles. The Hall–Kier alpha value is -2.55. The van der Waals surface area contributed by atoms with Gasteiger partial charge in [0.05, 0.1) is 13.2 Å². The zero-order valence-corrected chi connectivity index (χ0v) is 59.6. The molecule has 0 heterocycles. The van der Waals surface area contributed by atoms with Gasteiger partial charge in [-0.1, -0.05) is 356 Å². The van der Waals surface area contributed by atoms with Crippen LogP contribution in [0.2, 0.25) is 0 Å². The molecule has 3 N–H and O–H groups in total. The fraction of sp³-hybridized carbons (Fsp3) is 0.823. The smallest absolute Gasteiger partial charge is 0.462 e. The van der Waals surface area contributed by atoms with Crippen LogP contribution in [0.4, 0.5) is 0 Å². The summed E-state index contributed by atoms with van der Waals surface area (Å²) in [4.78, 5) is 35.4. The topological polar surface area (TPSA) is 134 Å². The van der Waals surface area contributed by atoms with Crippen molar-refractivity contribution in [3.05, 3.63) is 72.9 Å². The SMILES string of the molecule is CCCCCCC/C=C\C/C=C\C/C=C\CCCCCCCCCCCCCCCCCCCCCCCCC(=O)OC(COC(=O)CCCCCCCCCCCCCCCCCC/C=C\C/C=C\C/C=C\CCCCCCC)COP(=O)(O)OCCN. The highest BCUT2D eigenvalue weighted by atomic mass is 31.2. The fourth-order valence-electron chi connectivity index (χ4n) is 11.4. The molecule has 0 fully saturated rings. The molecule has 520 valence electrons. The maximum Gasteiger partial charge on any atom is 0.472 e. The number of ether oxygens (including phenoxy) is 2. The van der Waals surface area contributed by atoms with Crippen molar-refractivity contribution in [2.45, 2.75) is 392 Å². The van der Waals surface area contributed by atoms with Gasteiger partial charge in [-0.3, -0.25) is 18.6 Å². The molecule has 2 atom stereocenters. The molecule has 89 heavy (non-hydrogen) atoms. The summed E-state index contributed by atoms with van der Waals surface area (Å²) in [6, 6.07) is 0. The average molecular weight is 1270 g/mol. The van der Waals surface area contributed by atoms with E-state index in [-0.39, 0.29) is 38.6 Å². The summed E-state index contributed by atoms with van der Waals surface area (Å²) >= 11 is 0. The largest absolute Gasteiger partial charge is 0.472 e. The molecule has 9 nitrogen and oxygen atoms in total. The molecule has 0 aliphatic carbocycles. The van der Waals surface area contributed by atoms with Gasteiger partial charge < -0.3 is 20.1 Å². The maximum absolute atomic E-state index is 12.8. The van der Waals surface area contributed by atoms with Crippen LogP contribution in [-0.2, 0) is 32.7 Å². The lowest BCUT2D eigenvalue weighted by Gasteiger charge is -2.19. The monoisotopic (exact) mass is 1270 g/mol. The van der Waals surface area contributed by atoms with Crippen LogP contribution in [-0.4, -0.2) is 49.3 Å². The normalized spacial score (nSPS) is 13.3. The van der Waals surface area contributed by atoms with Crippen LogP contribution >= 0.6 is 7.82 Å². The number of carbonyl (C=O) groups is 2. The van der Waals surface area contributed by atoms with Crippen LogP contribution in [0, 0.1) is 0 Å². The van der Waals surface area contributed by atoms with Crippen LogP contribution < -0.4 is 5.73 Å². The van der Waals surface area contributed by atoms with Crippen molar-refractivity contribution < 1.29 is 37.6 Å². The van der Waals surface area contributed by atoms with Gasteiger partial charge >= 0.3 is 19.8 Å². The van der Waals surface area contributed by atoms with E-state index in [0.717, 1.165) is 57.8 Å². The van der Waals surface area contributed by atoms with Gasteiger partial charge in [0.15, 0.2) is 6.10 Å². The molecule has 2 unspecified atom stereocenters. The summed E-state index contributed by atoms with van der Waals surface area (Å²) in [7, 11) is -4.40. The van der Waals surface area contributed by atoms with Crippen molar-refractivity contribution in [1.82, 2.24) is 0 Å². The highest BCUT2D eigenvalue weighted by Gasteiger charge is 2.26. The molecule has 0 saturated carbocycles. The van der Waals surface area contributed by atoms with Crippen molar-refractivity contribution in [3.63, 3.8) is 0 Å². The number of allylic oxidation sites excluding steroid dienone is 12. The summed E-state index contributed by atoms with van der Waals surface area (Å²) in [6.45, 7) is 3.78. The standard InChI is InChI=1S/C79H146NO8P/c1-3-5-7-9-11-13-15-17-19-21-23-25-27-29-31-33-35-36-37-38-39-40-42-44-46-48-50-52-54-56-58-60-62-64-66-68-70-72-79(82)88-77(76-87-89(83,84)86-74-73-80)75-85-78(81)71-69-67-65-63-61-59-57-55-53-51-49-47-45-43-41-34-32-30-28-26-24-22-20-18-16-14-12-10-8-6-4-2/h15-18,21-24,27-30,77H,3-14,19-20,25-26,31-76,80H2,1-2H3,(H,83,84)/b17-15-,18-16-,23-21-,24-22-,29-27-,30-28-. The molecule has 0 aromatic heterocycles. The maximum atomic E-state index is 12.8. The van der Waals surface area contributed by atoms with Crippen LogP contribution in [0.15, 0.2) is 72.9 Å². The van der Waals surface area contributed by atoms with Gasteiger partial charge in [0.25, 0.3) is 0 Å². The predicted molar refractivity (Wildman–Crippen MR) is 386 cm³/mol. The van der Waals surface area contributed by atoms with Crippen molar-refractivity contribution in [2.75, 3.05) is 26.4 Å². The van der Waals surface area contributed by atoms with Gasteiger partial charge in [0.2, 0.25) is 0 Å². The number of carbonyl (C=O) groups excluding carboxylic acids is 2. The minimum Gasteiger partial charge on any atom is -0.462 e. The van der Waals surface area contributed by atoms with Gasteiger partial charge in [-0.15, -0.1) is 0 Å². The first-order valence-corrected chi connectivity index (χ1v) is 39.9. The zero-order chi connectivity index (χ0) is 64.4. The molecule has 0 aromatic rings. The summed E-state index contributed by atoms with van der Waals surface area (Å²) < 4.78 is 33.3. The van der Waals surface area contributed by atoms with E-state index in [1.807, 2.05) is 0 Å². The first kappa shape index (κ1) is 86.5. The van der Waals surface area contributed by atoms with Crippen molar-refractivity contribution >= 4 is 19.8 Å². The van der Waals surface area contributed by atoms with Gasteiger partial charge in [-0.05, 0) is 89.9 Å². The highest BCUT2D eigenvalue weighted by Crippen LogP contribution is 2.43. The highest BCUT2D eigenvalue weighted by molar-refractivity contribution is 7.47. The second-order valence-corrected chi connectivity index (χ2v) is 27.3. The average Bonchev–Trinajstić information content (AvgIpc) is 3.68. The quantitative estimate of drug-likeness (QED) is 0.0264. The minimum atomic E-state index is -4.40. The van der Waals surface area contributed by atoms with E-state index >= 15 is 0 Å². The molecule has 0 aliphatic heterocycles. The van der Waals surface area contributed by atoms with E-state index in [2.05, 4.69) is 86.8 Å². The molecule has 0 amide bonds. The summed E-state index contributed by atoms with van der Waals surface area (Å²) in [5.41, 5.74) is 5.41. The first-order valence-electron chi connectivity index (χ1n) is 38.4. The predicted octanol–water partition coefficient (Wildman–Crippen LogP) is 25.5. The third-order valence-electron chi connectivity index (χ3n) is 17.1. The summed E-state index contributed by atoms with van der Waals surface area (Å²) in [6.07, 6.45) is 98.8. The van der Waals surface area contributed by atoms with Crippen molar-refractivity contribution in [1.29, 1.82) is 0 Å². The lowest BCUT2D eigenvalue weighted by molar-refractivity contribution is -0.161. The van der Waals surface area contributed by atoms with Crippen molar-refractivity contribution in [3.8, 4) is 0 Å². The number of hydrogen-bond donors (Lipinski definition) is 2. The number of esters is 2. The number of unbranched alkanes of at least 4 members (excludes halogenated alkanes) is 48. The van der Waals surface area contributed by atoms with Crippen LogP contribution in [0.25, 0.3) is 0 Å². The second kappa shape index (κ2) is 74.5. The fourth-order valence-corrected chi connectivity index (χ4v) is 12.1. The van der Waals surface area contributed by atoms with E-state index in [9.17, 15) is 19.0 Å². The third-order valence-corrected chi connectivity index (χ3v) is 18.0. The molecule has 0 spiro atoms. The molecule has 10 heteroatoms. The van der Waals surface area contributed by atoms with Crippen molar-refractivity contribution in [2.24, 2.45) is 5.73 Å². The van der Waals surface area contributed by atoms with E-state index in [0.29, 0.717) is 6.42 Å². The van der Waals surface area contributed by atoms with Gasteiger partial charge in [0.1, 0.15) is 6.61 Å². The molecule has 0 bridgehead atoms. The molecule has 0 radical (unpaired) electrons. The lowest BCUT2D eigenvalue weighted by Crippen LogP contribution is -2.29. The lowest BCUT2D eigenvalue weighted by atomic mass is 10.0. The Morgan fingerprint density at radius 2 is 0.584 bits per heavy atom. The van der Waals surface area contributed by atoms with E-state index in [1.54, 1.807) is 0 Å². The van der Waals surface area contributed by atoms with Gasteiger partial charge in [-0.25, -0.2) is 4.57 Å². The molecule has 0 aliphatic rings. The van der Waals surface area contributed by atoms with E-state index in [4.69, 9.17) is 24.3 Å². The van der Waals surface area contributed by atoms with E-state index < -0.39 is 26.5 Å². The Balaban J connectivity index is 3.80. The Labute approximate surface area is 552 Å². The zero-order valence-electron chi connectivity index (χ0n) is 58.7. The number of phosphoric acid groups is 1. The Morgan fingerprint density at radius 3 is 0.865 bits per heavy atom. The summed E-state index contributed by atoms with van der Waals surface area (Å²) in [5.74, 6) is -0.809. The molecular formula is C79H146NO8P. The third kappa shape index (κ3) is 74.4. The van der Waals surface area contributed by atoms with Crippen LogP contribution in [0.3, 0.4) is 0 Å². The number of hydrogen-bond acceptors (Lipinski definition) is 8. The number of phosphoric ester groups is 1. The second-order valence-electron chi connectivity index (χ2n) is 25.9. The Bertz CT molecular complexity index is 1690. The van der Waals surface area contributed by atoms with Crippen LogP contribution in [0.1, 0.15) is 386 Å².